The summed E-state index contributed by atoms with van der Waals surface area (Å²) in [5.74, 6) is -0.867. The number of nitrogens with zero attached hydrogens (tertiary/aromatic N) is 3. The van der Waals surface area contributed by atoms with Gasteiger partial charge in [0.05, 0.1) is 19.1 Å². The van der Waals surface area contributed by atoms with Crippen LogP contribution in [0.25, 0.3) is 0 Å². The van der Waals surface area contributed by atoms with Gasteiger partial charge >= 0.3 is 5.97 Å². The molecule has 1 amide bonds. The second kappa shape index (κ2) is 12.7. The summed E-state index contributed by atoms with van der Waals surface area (Å²) >= 11 is 0. The van der Waals surface area contributed by atoms with Crippen LogP contribution in [0.2, 0.25) is 0 Å². The lowest BCUT2D eigenvalue weighted by atomic mass is 9.82. The number of fused-ring (bicyclic) bond motifs is 1. The molecule has 0 bridgehead atoms. The molecule has 2 N–H and O–H groups in total. The maximum Gasteiger partial charge on any atom is 0.308 e. The molecule has 9 nitrogen and oxygen atoms in total. The molecule has 2 aromatic carbocycles. The van der Waals surface area contributed by atoms with Crippen LogP contribution in [0, 0.1) is 5.92 Å². The Balaban J connectivity index is 1.49. The zero-order valence-electron chi connectivity index (χ0n) is 23.6. The van der Waals surface area contributed by atoms with Gasteiger partial charge in [0.1, 0.15) is 12.7 Å². The monoisotopic (exact) mass is 560 g/mol. The third-order valence-corrected chi connectivity index (χ3v) is 8.19. The Kier molecular flexibility index (Phi) is 8.85. The van der Waals surface area contributed by atoms with Crippen LogP contribution in [-0.2, 0) is 29.7 Å². The van der Waals surface area contributed by atoms with E-state index >= 15 is 0 Å². The lowest BCUT2D eigenvalue weighted by Gasteiger charge is -2.30. The number of aryl methyl sites for hydroxylation is 1. The van der Waals surface area contributed by atoms with Crippen LogP contribution in [0.5, 0.6) is 11.5 Å². The zero-order chi connectivity index (χ0) is 28.9. The predicted molar refractivity (Wildman–Crippen MR) is 153 cm³/mol. The van der Waals surface area contributed by atoms with E-state index in [0.717, 1.165) is 35.2 Å². The lowest BCUT2D eigenvalue weighted by Crippen LogP contribution is -2.46. The van der Waals surface area contributed by atoms with Crippen molar-refractivity contribution in [1.82, 2.24) is 4.90 Å². The first-order valence-electron chi connectivity index (χ1n) is 14.2. The summed E-state index contributed by atoms with van der Waals surface area (Å²) in [6, 6.07) is 16.5. The van der Waals surface area contributed by atoms with Crippen molar-refractivity contribution in [2.45, 2.75) is 44.8 Å². The molecule has 2 aliphatic heterocycles. The number of aliphatic hydroxyl groups is 1. The first-order chi connectivity index (χ1) is 19.9. The van der Waals surface area contributed by atoms with Gasteiger partial charge < -0.3 is 24.6 Å². The van der Waals surface area contributed by atoms with Crippen molar-refractivity contribution in [1.29, 1.82) is 0 Å². The third kappa shape index (κ3) is 6.21. The van der Waals surface area contributed by atoms with E-state index in [-0.39, 0.29) is 31.8 Å². The van der Waals surface area contributed by atoms with E-state index in [0.29, 0.717) is 31.0 Å². The van der Waals surface area contributed by atoms with E-state index in [4.69, 9.17) is 9.47 Å². The number of carbonyl (C=O) groups is 2. The Hall–Kier alpha value is -3.95. The lowest BCUT2D eigenvalue weighted by molar-refractivity contribution is -0.670. The molecule has 0 spiro atoms. The highest BCUT2D eigenvalue weighted by atomic mass is 16.7. The quantitative estimate of drug-likeness (QED) is 0.347. The largest absolute Gasteiger partial charge is 0.481 e. The molecule has 0 radical (unpaired) electrons. The average molecular weight is 561 g/mol. The second-order valence-corrected chi connectivity index (χ2v) is 10.8. The number of aliphatic carboxylic acids is 1. The van der Waals surface area contributed by atoms with Crippen LogP contribution in [0.4, 0.5) is 5.69 Å². The van der Waals surface area contributed by atoms with Crippen LogP contribution in [0.3, 0.4) is 0 Å². The van der Waals surface area contributed by atoms with E-state index in [9.17, 15) is 19.8 Å². The smallest absolute Gasteiger partial charge is 0.308 e. The molecule has 3 aromatic rings. The van der Waals surface area contributed by atoms with Crippen LogP contribution in [0.15, 0.2) is 67.0 Å². The standard InChI is InChI=1S/C32H37N3O6/c1-3-4-14-35(25-10-7-13-33(2)17-25)30(37)19-34-18-26(23-11-12-28-29(16-23)41-21-40-28)31(32(38)39)27(34)15-22-8-5-6-9-24(22)20-36/h5-13,16-17,26-27,31,36H,3-4,14-15,18-21H2,1-2H3/p+1/t26-,27+,31-/m1/s1. The fraction of sp³-hybridized carbons (Fsp3) is 0.406. The van der Waals surface area contributed by atoms with Crippen molar-refractivity contribution in [3.8, 4) is 11.5 Å². The number of unbranched alkanes of at least 4 members (excludes halogenated alkanes) is 1. The predicted octanol–water partition coefficient (Wildman–Crippen LogP) is 3.28. The van der Waals surface area contributed by atoms with Gasteiger partial charge in [0.25, 0.3) is 0 Å². The molecule has 1 aromatic heterocycles. The number of aliphatic hydroxyl groups excluding tert-OH is 1. The number of pyridine rings is 1. The number of hydrogen-bond donors (Lipinski definition) is 2. The topological polar surface area (TPSA) is 103 Å². The number of benzene rings is 2. The molecular weight excluding hydrogens is 522 g/mol. The number of carbonyl (C=O) groups excluding carboxylic acids is 1. The summed E-state index contributed by atoms with van der Waals surface area (Å²) in [7, 11) is 1.93. The molecule has 0 aliphatic carbocycles. The van der Waals surface area contributed by atoms with E-state index in [1.807, 2.05) is 88.4 Å². The number of carboxylic acids is 1. The molecule has 1 saturated heterocycles. The van der Waals surface area contributed by atoms with Crippen molar-refractivity contribution in [2.75, 3.05) is 31.3 Å². The van der Waals surface area contributed by atoms with Gasteiger partial charge in [-0.05, 0) is 47.7 Å². The fourth-order valence-corrected chi connectivity index (χ4v) is 6.07. The number of ether oxygens (including phenoxy) is 2. The molecule has 216 valence electrons. The number of rotatable bonds is 11. The number of aromatic nitrogens is 1. The normalized spacial score (nSPS) is 19.8. The van der Waals surface area contributed by atoms with E-state index in [1.165, 1.54) is 0 Å². The van der Waals surface area contributed by atoms with Crippen molar-refractivity contribution in [3.05, 3.63) is 83.7 Å². The SMILES string of the molecule is CCCCN(C(=O)CN1C[C@H](c2ccc3c(c2)OCO3)[C@@H](C(=O)O)[C@@H]1Cc1ccccc1CO)c1ccc[n+](C)c1. The van der Waals surface area contributed by atoms with Crippen LogP contribution in [-0.4, -0.2) is 59.5 Å². The number of likely N-dealkylation sites (tertiary alicyclic amines) is 1. The van der Waals surface area contributed by atoms with Gasteiger partial charge in [-0.1, -0.05) is 43.7 Å². The maximum absolute atomic E-state index is 14.0. The third-order valence-electron chi connectivity index (χ3n) is 8.19. The average Bonchev–Trinajstić information content (AvgIpc) is 3.58. The van der Waals surface area contributed by atoms with Gasteiger partial charge in [0.2, 0.25) is 12.7 Å². The van der Waals surface area contributed by atoms with Gasteiger partial charge in [-0.25, -0.2) is 4.57 Å². The summed E-state index contributed by atoms with van der Waals surface area (Å²) in [6.07, 6.45) is 6.06. The Labute approximate surface area is 240 Å². The first kappa shape index (κ1) is 28.6. The molecule has 41 heavy (non-hydrogen) atoms. The number of hydrogen-bond acceptors (Lipinski definition) is 6. The van der Waals surface area contributed by atoms with Gasteiger partial charge in [-0.3, -0.25) is 14.5 Å². The Morgan fingerprint density at radius 2 is 1.85 bits per heavy atom. The highest BCUT2D eigenvalue weighted by Gasteiger charge is 2.47. The zero-order valence-corrected chi connectivity index (χ0v) is 23.6. The number of anilines is 1. The minimum atomic E-state index is -0.910. The summed E-state index contributed by atoms with van der Waals surface area (Å²) in [5.41, 5.74) is 3.30. The molecule has 1 fully saturated rings. The first-order valence-corrected chi connectivity index (χ1v) is 14.2. The van der Waals surface area contributed by atoms with Crippen molar-refractivity contribution in [2.24, 2.45) is 13.0 Å². The van der Waals surface area contributed by atoms with Gasteiger partial charge in [-0.15, -0.1) is 0 Å². The summed E-state index contributed by atoms with van der Waals surface area (Å²) in [6.45, 7) is 3.16. The van der Waals surface area contributed by atoms with Crippen molar-refractivity contribution >= 4 is 17.6 Å². The minimum Gasteiger partial charge on any atom is -0.481 e. The maximum atomic E-state index is 14.0. The van der Waals surface area contributed by atoms with Gasteiger partial charge in [-0.2, -0.15) is 0 Å². The summed E-state index contributed by atoms with van der Waals surface area (Å²) in [4.78, 5) is 30.7. The molecular formula is C32H38N3O6+. The minimum absolute atomic E-state index is 0.0689. The Morgan fingerprint density at radius 1 is 1.07 bits per heavy atom. The molecule has 2 aliphatic rings. The Bertz CT molecular complexity index is 1400. The van der Waals surface area contributed by atoms with Crippen molar-refractivity contribution < 1.29 is 33.8 Å². The molecule has 9 heteroatoms. The molecule has 0 unspecified atom stereocenters. The summed E-state index contributed by atoms with van der Waals surface area (Å²) < 4.78 is 13.0. The van der Waals surface area contributed by atoms with E-state index in [1.54, 1.807) is 0 Å². The van der Waals surface area contributed by atoms with E-state index < -0.39 is 17.9 Å². The summed E-state index contributed by atoms with van der Waals surface area (Å²) in [5, 5.41) is 20.6. The van der Waals surface area contributed by atoms with Gasteiger partial charge in [0, 0.05) is 31.1 Å². The highest BCUT2D eigenvalue weighted by molar-refractivity contribution is 5.94. The van der Waals surface area contributed by atoms with Crippen LogP contribution >= 0.6 is 0 Å². The van der Waals surface area contributed by atoms with Crippen LogP contribution in [0.1, 0.15) is 42.4 Å². The fourth-order valence-electron chi connectivity index (χ4n) is 6.07. The number of amides is 1. The molecule has 3 heterocycles. The van der Waals surface area contributed by atoms with Crippen molar-refractivity contribution in [3.63, 3.8) is 0 Å². The number of carboxylic acid groups (broad SMARTS) is 1. The molecule has 3 atom stereocenters. The second-order valence-electron chi connectivity index (χ2n) is 10.8. The molecule has 0 saturated carbocycles. The highest BCUT2D eigenvalue weighted by Crippen LogP contribution is 2.43. The Morgan fingerprint density at radius 3 is 2.59 bits per heavy atom. The molecule has 5 rings (SSSR count). The van der Waals surface area contributed by atoms with E-state index in [2.05, 4.69) is 6.92 Å². The van der Waals surface area contributed by atoms with Crippen LogP contribution < -0.4 is 18.9 Å². The van der Waals surface area contributed by atoms with Gasteiger partial charge in [0.15, 0.2) is 23.9 Å².